The molecule has 0 unspecified atom stereocenters. The summed E-state index contributed by atoms with van der Waals surface area (Å²) in [6, 6.07) is 13.7. The molecule has 3 aromatic rings. The van der Waals surface area contributed by atoms with Crippen LogP contribution in [0.3, 0.4) is 0 Å². The van der Waals surface area contributed by atoms with Gasteiger partial charge in [0.2, 0.25) is 0 Å². The van der Waals surface area contributed by atoms with Gasteiger partial charge in [0.25, 0.3) is 5.78 Å². The summed E-state index contributed by atoms with van der Waals surface area (Å²) in [5.41, 5.74) is 1.18. The summed E-state index contributed by atoms with van der Waals surface area (Å²) < 4.78 is 40.8. The fraction of sp³-hybridized carbons (Fsp3) is 0.111. The number of rotatable bonds is 3. The lowest BCUT2D eigenvalue weighted by molar-refractivity contribution is -0.0884. The monoisotopic (exact) mass is 406 g/mol. The molecule has 0 aliphatic carbocycles. The van der Waals surface area contributed by atoms with Gasteiger partial charge in [0, 0.05) is 28.1 Å². The first-order chi connectivity index (χ1) is 11.8. The van der Waals surface area contributed by atoms with Gasteiger partial charge in [0.05, 0.1) is 17.2 Å². The van der Waals surface area contributed by atoms with Gasteiger partial charge in [-0.15, -0.1) is 0 Å². The number of nitriles is 1. The summed E-state index contributed by atoms with van der Waals surface area (Å²) in [5.74, 6) is -1.89. The van der Waals surface area contributed by atoms with Gasteiger partial charge in [0.15, 0.2) is 0 Å². The van der Waals surface area contributed by atoms with E-state index in [1.807, 2.05) is 0 Å². The number of ketones is 1. The molecule has 0 spiro atoms. The van der Waals surface area contributed by atoms with Crippen LogP contribution in [-0.4, -0.2) is 16.5 Å². The topological polar surface area (TPSA) is 45.8 Å². The van der Waals surface area contributed by atoms with E-state index in [1.54, 1.807) is 41.0 Å². The molecule has 0 aliphatic heterocycles. The minimum absolute atomic E-state index is 0.188. The maximum atomic E-state index is 12.9. The predicted octanol–water partition coefficient (Wildman–Crippen LogP) is 5.07. The Bertz CT molecular complexity index is 1020. The van der Waals surface area contributed by atoms with E-state index in [1.165, 1.54) is 12.3 Å². The number of carbonyl (C=O) groups excluding carboxylic acids is 1. The second-order valence-corrected chi connectivity index (χ2v) is 6.34. The number of nitrogens with zero attached hydrogens (tertiary/aromatic N) is 2. The Hall–Kier alpha value is -2.59. The van der Waals surface area contributed by atoms with E-state index >= 15 is 0 Å². The zero-order chi connectivity index (χ0) is 18.2. The fourth-order valence-electron chi connectivity index (χ4n) is 2.68. The number of hydrogen-bond donors (Lipinski definition) is 0. The van der Waals surface area contributed by atoms with E-state index in [4.69, 9.17) is 0 Å². The number of halogens is 4. The quantitative estimate of drug-likeness (QED) is 0.570. The van der Waals surface area contributed by atoms with Crippen LogP contribution < -0.4 is 0 Å². The van der Waals surface area contributed by atoms with E-state index in [-0.39, 0.29) is 11.9 Å². The molecule has 3 nitrogen and oxygen atoms in total. The summed E-state index contributed by atoms with van der Waals surface area (Å²) in [5, 5.41) is 9.39. The summed E-state index contributed by atoms with van der Waals surface area (Å²) >= 11 is 3.22. The third-order valence-corrected chi connectivity index (χ3v) is 4.32. The Morgan fingerprint density at radius 3 is 2.60 bits per heavy atom. The van der Waals surface area contributed by atoms with E-state index in [9.17, 15) is 23.2 Å². The molecule has 126 valence electrons. The highest BCUT2D eigenvalue weighted by molar-refractivity contribution is 9.10. The van der Waals surface area contributed by atoms with Crippen molar-refractivity contribution in [3.05, 3.63) is 69.8 Å². The summed E-state index contributed by atoms with van der Waals surface area (Å²) in [7, 11) is 0. The van der Waals surface area contributed by atoms with Crippen LogP contribution in [0.1, 0.15) is 21.5 Å². The Morgan fingerprint density at radius 2 is 1.92 bits per heavy atom. The molecule has 0 N–H and O–H groups in total. The van der Waals surface area contributed by atoms with Crippen LogP contribution in [0.5, 0.6) is 0 Å². The zero-order valence-corrected chi connectivity index (χ0v) is 14.2. The Labute approximate surface area is 149 Å². The van der Waals surface area contributed by atoms with E-state index in [2.05, 4.69) is 22.0 Å². The molecule has 1 heterocycles. The molecule has 0 atom stereocenters. The first-order valence-corrected chi connectivity index (χ1v) is 7.98. The van der Waals surface area contributed by atoms with Gasteiger partial charge in [-0.2, -0.15) is 18.4 Å². The van der Waals surface area contributed by atoms with Gasteiger partial charge in [-0.05, 0) is 29.8 Å². The number of fused-ring (bicyclic) bond motifs is 1. The summed E-state index contributed by atoms with van der Waals surface area (Å²) in [4.78, 5) is 11.8. The van der Waals surface area contributed by atoms with E-state index < -0.39 is 17.5 Å². The molecule has 2 aromatic carbocycles. The van der Waals surface area contributed by atoms with Gasteiger partial charge in [0.1, 0.15) is 0 Å². The predicted molar refractivity (Wildman–Crippen MR) is 90.3 cm³/mol. The third-order valence-electron chi connectivity index (χ3n) is 3.82. The Kier molecular flexibility index (Phi) is 4.39. The van der Waals surface area contributed by atoms with Crippen molar-refractivity contribution < 1.29 is 18.0 Å². The van der Waals surface area contributed by atoms with Crippen molar-refractivity contribution in [2.75, 3.05) is 0 Å². The highest BCUT2D eigenvalue weighted by atomic mass is 79.9. The average molecular weight is 407 g/mol. The van der Waals surface area contributed by atoms with Gasteiger partial charge >= 0.3 is 6.18 Å². The lowest BCUT2D eigenvalue weighted by Gasteiger charge is -2.07. The van der Waals surface area contributed by atoms with Crippen LogP contribution in [0.4, 0.5) is 13.2 Å². The normalized spacial score (nSPS) is 11.5. The minimum Gasteiger partial charge on any atom is -0.342 e. The smallest absolute Gasteiger partial charge is 0.342 e. The lowest BCUT2D eigenvalue weighted by atomic mass is 10.1. The van der Waals surface area contributed by atoms with E-state index in [0.29, 0.717) is 21.1 Å². The zero-order valence-electron chi connectivity index (χ0n) is 12.6. The second-order valence-electron chi connectivity index (χ2n) is 5.43. The van der Waals surface area contributed by atoms with Crippen LogP contribution in [0.2, 0.25) is 0 Å². The molecule has 3 rings (SSSR count). The van der Waals surface area contributed by atoms with Crippen molar-refractivity contribution in [3.63, 3.8) is 0 Å². The molecule has 0 fully saturated rings. The first-order valence-electron chi connectivity index (χ1n) is 7.19. The number of alkyl halides is 3. The molecular formula is C18H10BrF3N2O. The molecule has 0 saturated carbocycles. The second kappa shape index (κ2) is 6.37. The molecule has 0 amide bonds. The third kappa shape index (κ3) is 3.30. The van der Waals surface area contributed by atoms with Crippen molar-refractivity contribution in [3.8, 4) is 6.07 Å². The van der Waals surface area contributed by atoms with Crippen molar-refractivity contribution in [1.82, 2.24) is 4.57 Å². The molecule has 25 heavy (non-hydrogen) atoms. The molecule has 0 aliphatic rings. The van der Waals surface area contributed by atoms with Gasteiger partial charge in [-0.3, -0.25) is 4.79 Å². The van der Waals surface area contributed by atoms with Crippen LogP contribution in [0.15, 0.2) is 53.1 Å². The average Bonchev–Trinajstić information content (AvgIpc) is 2.91. The molecule has 1 aromatic heterocycles. The van der Waals surface area contributed by atoms with E-state index in [0.717, 1.165) is 0 Å². The molecule has 7 heteroatoms. The van der Waals surface area contributed by atoms with Crippen LogP contribution in [0, 0.1) is 11.3 Å². The van der Waals surface area contributed by atoms with Gasteiger partial charge in [-0.25, -0.2) is 0 Å². The maximum absolute atomic E-state index is 12.9. The van der Waals surface area contributed by atoms with Crippen LogP contribution in [-0.2, 0) is 6.54 Å². The first kappa shape index (κ1) is 17.2. The maximum Gasteiger partial charge on any atom is 0.454 e. The van der Waals surface area contributed by atoms with Crippen LogP contribution in [0.25, 0.3) is 10.9 Å². The Morgan fingerprint density at radius 1 is 1.20 bits per heavy atom. The summed E-state index contributed by atoms with van der Waals surface area (Å²) in [6.45, 7) is 0.188. The SMILES string of the molecule is N#Cc1ccccc1Cn1cc(C(=O)C(F)(F)F)c2cc(Br)ccc21. The molecule has 0 bridgehead atoms. The Balaban J connectivity index is 2.17. The van der Waals surface area contributed by atoms with Crippen molar-refractivity contribution in [2.45, 2.75) is 12.7 Å². The fourth-order valence-corrected chi connectivity index (χ4v) is 3.05. The molecule has 0 radical (unpaired) electrons. The van der Waals surface area contributed by atoms with Crippen molar-refractivity contribution in [2.24, 2.45) is 0 Å². The number of hydrogen-bond acceptors (Lipinski definition) is 2. The van der Waals surface area contributed by atoms with Crippen molar-refractivity contribution in [1.29, 1.82) is 5.26 Å². The largest absolute Gasteiger partial charge is 0.454 e. The number of aromatic nitrogens is 1. The molecule has 0 saturated heterocycles. The number of carbonyl (C=O) groups is 1. The number of Topliss-reactive ketones (excluding diaryl/α,β-unsaturated/α-hetero) is 1. The molecular weight excluding hydrogens is 397 g/mol. The lowest BCUT2D eigenvalue weighted by Crippen LogP contribution is -2.22. The van der Waals surface area contributed by atoms with Gasteiger partial charge in [-0.1, -0.05) is 34.1 Å². The summed E-state index contributed by atoms with van der Waals surface area (Å²) in [6.07, 6.45) is -3.76. The standard InChI is InChI=1S/C18H10BrF3N2O/c19-13-5-6-16-14(7-13)15(17(25)18(20,21)22)10-24(16)9-12-4-2-1-3-11(12)8-23/h1-7,10H,9H2. The minimum atomic E-state index is -4.95. The van der Waals surface area contributed by atoms with Crippen molar-refractivity contribution >= 4 is 32.6 Å². The highest BCUT2D eigenvalue weighted by Gasteiger charge is 2.40. The highest BCUT2D eigenvalue weighted by Crippen LogP contribution is 2.31. The number of benzene rings is 2. The van der Waals surface area contributed by atoms with Gasteiger partial charge < -0.3 is 4.57 Å². The van der Waals surface area contributed by atoms with Crippen LogP contribution >= 0.6 is 15.9 Å².